The van der Waals surface area contributed by atoms with Crippen molar-refractivity contribution in [2.24, 2.45) is 11.8 Å². The Morgan fingerprint density at radius 1 is 0.881 bits per heavy atom. The number of hydrogen-bond acceptors (Lipinski definition) is 14. The first-order valence-corrected chi connectivity index (χ1v) is 14.2. The lowest BCUT2D eigenvalue weighted by atomic mass is 9.84. The molecule has 0 spiro atoms. The Bertz CT molecular complexity index is 1050. The molecule has 4 unspecified atom stereocenters. The lowest BCUT2D eigenvalue weighted by Crippen LogP contribution is -2.63. The van der Waals surface area contributed by atoms with Gasteiger partial charge in [0.25, 0.3) is 0 Å². The number of ether oxygens (including phenoxy) is 6. The summed E-state index contributed by atoms with van der Waals surface area (Å²) in [6.45, 7) is 4.19. The molecule has 17 nitrogen and oxygen atoms in total. The van der Waals surface area contributed by atoms with Crippen LogP contribution in [0.15, 0.2) is 12.2 Å². The van der Waals surface area contributed by atoms with Crippen molar-refractivity contribution in [2.45, 2.75) is 62.6 Å². The second kappa shape index (κ2) is 16.0. The van der Waals surface area contributed by atoms with Gasteiger partial charge in [-0.25, -0.2) is 13.8 Å². The highest BCUT2D eigenvalue weighted by Crippen LogP contribution is 2.31. The van der Waals surface area contributed by atoms with E-state index in [9.17, 15) is 38.1 Å². The third kappa shape index (κ3) is 9.90. The minimum atomic E-state index is -4.87. The van der Waals surface area contributed by atoms with Crippen LogP contribution in [0.2, 0.25) is 0 Å². The van der Waals surface area contributed by atoms with E-state index < -0.39 is 102 Å². The van der Waals surface area contributed by atoms with E-state index in [2.05, 4.69) is 16.1 Å². The Labute approximate surface area is 242 Å². The standard InChI is InChI=1S/C24H39NO16S/c1-11(2)24(31)41-22-17(40-21(23(29)30)14(6-35-4)20(22)28)9-37-7-13-18(25-12(3)26)15(8-36-5)39-16(19(13)27)10-38-42(32,33)34/h13-22,27-28H,1,6-10H2,2-5H3,(H,25,26)(H,29,30)(H,32,33,34)/t13-,14-,15-,16?,17-,18?,19+,20+,21?,22?/m0/s1. The molecule has 1 amide bonds. The molecule has 0 radical (unpaired) electrons. The molecule has 242 valence electrons. The highest BCUT2D eigenvalue weighted by molar-refractivity contribution is 7.80. The van der Waals surface area contributed by atoms with E-state index in [1.165, 1.54) is 28.1 Å². The molecule has 0 aliphatic carbocycles. The highest BCUT2D eigenvalue weighted by atomic mass is 32.3. The zero-order chi connectivity index (χ0) is 31.8. The summed E-state index contributed by atoms with van der Waals surface area (Å²) in [7, 11) is -2.23. The summed E-state index contributed by atoms with van der Waals surface area (Å²) < 4.78 is 68.2. The van der Waals surface area contributed by atoms with Gasteiger partial charge in [-0.15, -0.1) is 0 Å². The maximum absolute atomic E-state index is 12.3. The fraction of sp³-hybridized carbons (Fsp3) is 0.792. The van der Waals surface area contributed by atoms with E-state index in [0.717, 1.165) is 0 Å². The smallest absolute Gasteiger partial charge is 0.397 e. The van der Waals surface area contributed by atoms with Gasteiger partial charge in [0.05, 0.1) is 45.2 Å². The molecule has 2 heterocycles. The average molecular weight is 630 g/mol. The summed E-state index contributed by atoms with van der Waals surface area (Å²) in [6, 6.07) is -0.924. The van der Waals surface area contributed by atoms with Crippen molar-refractivity contribution >= 4 is 28.2 Å². The van der Waals surface area contributed by atoms with E-state index >= 15 is 0 Å². The van der Waals surface area contributed by atoms with Crippen LogP contribution in [0.4, 0.5) is 0 Å². The number of hydrogen-bond donors (Lipinski definition) is 5. The average Bonchev–Trinajstić information content (AvgIpc) is 2.88. The van der Waals surface area contributed by atoms with Gasteiger partial charge in [0.2, 0.25) is 5.91 Å². The number of amides is 1. The number of nitrogens with one attached hydrogen (secondary N) is 1. The SMILES string of the molecule is C=C(C)C(=O)OC1[C@H](COC[C@H]2C(NC(C)=O)[C@H](COC)OC(COS(=O)(=O)O)[C@@H]2O)OC(C(=O)O)[C@@H](COC)[C@H]1O. The fourth-order valence-electron chi connectivity index (χ4n) is 4.84. The molecule has 42 heavy (non-hydrogen) atoms. The van der Waals surface area contributed by atoms with Crippen molar-refractivity contribution in [3.8, 4) is 0 Å². The molecule has 2 aliphatic heterocycles. The Morgan fingerprint density at radius 2 is 1.52 bits per heavy atom. The van der Waals surface area contributed by atoms with E-state index in [4.69, 9.17) is 33.0 Å². The van der Waals surface area contributed by atoms with Crippen LogP contribution < -0.4 is 5.32 Å². The van der Waals surface area contributed by atoms with E-state index in [0.29, 0.717) is 0 Å². The number of carboxylic acid groups (broad SMARTS) is 1. The number of aliphatic carboxylic acids is 1. The van der Waals surface area contributed by atoms with Crippen LogP contribution >= 0.6 is 0 Å². The van der Waals surface area contributed by atoms with Gasteiger partial charge in [-0.2, -0.15) is 8.42 Å². The molecule has 18 heteroatoms. The number of carbonyl (C=O) groups excluding carboxylic acids is 2. The molecular formula is C24H39NO16S. The summed E-state index contributed by atoms with van der Waals surface area (Å²) in [5.74, 6) is -4.85. The van der Waals surface area contributed by atoms with Crippen LogP contribution in [-0.4, -0.2) is 142 Å². The van der Waals surface area contributed by atoms with Gasteiger partial charge < -0.3 is 49.1 Å². The molecule has 2 saturated heterocycles. The van der Waals surface area contributed by atoms with Crippen LogP contribution in [0.25, 0.3) is 0 Å². The number of carbonyl (C=O) groups is 3. The van der Waals surface area contributed by atoms with Crippen LogP contribution in [0.3, 0.4) is 0 Å². The number of methoxy groups -OCH3 is 2. The van der Waals surface area contributed by atoms with Crippen LogP contribution in [0, 0.1) is 11.8 Å². The monoisotopic (exact) mass is 629 g/mol. The first-order valence-electron chi connectivity index (χ1n) is 12.8. The molecule has 0 aromatic heterocycles. The van der Waals surface area contributed by atoms with Crippen LogP contribution in [0.1, 0.15) is 13.8 Å². The quantitative estimate of drug-likeness (QED) is 0.0725. The van der Waals surface area contributed by atoms with Gasteiger partial charge in [-0.3, -0.25) is 9.35 Å². The van der Waals surface area contributed by atoms with Gasteiger partial charge in [-0.05, 0) is 6.92 Å². The molecule has 2 aliphatic rings. The highest BCUT2D eigenvalue weighted by Gasteiger charge is 2.51. The molecule has 2 rings (SSSR count). The fourth-order valence-corrected chi connectivity index (χ4v) is 5.15. The van der Waals surface area contributed by atoms with Gasteiger partial charge >= 0.3 is 22.3 Å². The third-order valence-electron chi connectivity index (χ3n) is 6.75. The van der Waals surface area contributed by atoms with Gasteiger partial charge in [0.1, 0.15) is 24.4 Å². The summed E-state index contributed by atoms with van der Waals surface area (Å²) >= 11 is 0. The molecule has 2 fully saturated rings. The Kier molecular flexibility index (Phi) is 13.7. The number of aliphatic hydroxyl groups excluding tert-OH is 2. The maximum atomic E-state index is 12.3. The van der Waals surface area contributed by atoms with Gasteiger partial charge in [0.15, 0.2) is 12.2 Å². The van der Waals surface area contributed by atoms with Crippen molar-refractivity contribution in [3.05, 3.63) is 12.2 Å². The van der Waals surface area contributed by atoms with Crippen molar-refractivity contribution < 1.29 is 75.3 Å². The summed E-state index contributed by atoms with van der Waals surface area (Å²) in [4.78, 5) is 36.2. The minimum Gasteiger partial charge on any atom is -0.479 e. The lowest BCUT2D eigenvalue weighted by molar-refractivity contribution is -0.237. The lowest BCUT2D eigenvalue weighted by Gasteiger charge is -2.45. The van der Waals surface area contributed by atoms with Crippen LogP contribution in [0.5, 0.6) is 0 Å². The number of rotatable bonds is 15. The molecule has 10 atom stereocenters. The first kappa shape index (κ1) is 35.9. The maximum Gasteiger partial charge on any atom is 0.397 e. The number of esters is 1. The van der Waals surface area contributed by atoms with E-state index in [1.807, 2.05) is 0 Å². The minimum absolute atomic E-state index is 0.0105. The molecule has 0 aromatic rings. The topological polar surface area (TPSA) is 243 Å². The van der Waals surface area contributed by atoms with Gasteiger partial charge in [0, 0.05) is 38.6 Å². The summed E-state index contributed by atoms with van der Waals surface area (Å²) in [5.41, 5.74) is 0.0105. The second-order valence-electron chi connectivity index (χ2n) is 9.99. The van der Waals surface area contributed by atoms with E-state index in [1.54, 1.807) is 0 Å². The zero-order valence-corrected chi connectivity index (χ0v) is 24.4. The summed E-state index contributed by atoms with van der Waals surface area (Å²) in [5, 5.41) is 34.3. The third-order valence-corrected chi connectivity index (χ3v) is 7.19. The Morgan fingerprint density at radius 3 is 2.05 bits per heavy atom. The first-order chi connectivity index (χ1) is 19.6. The largest absolute Gasteiger partial charge is 0.479 e. The zero-order valence-electron chi connectivity index (χ0n) is 23.6. The molecule has 0 bridgehead atoms. The normalized spacial score (nSPS) is 33.5. The predicted octanol–water partition coefficient (Wildman–Crippen LogP) is -2.32. The Hall–Kier alpha value is -2.26. The van der Waals surface area contributed by atoms with Gasteiger partial charge in [-0.1, -0.05) is 6.58 Å². The van der Waals surface area contributed by atoms with Crippen molar-refractivity contribution in [2.75, 3.05) is 47.3 Å². The van der Waals surface area contributed by atoms with Crippen molar-refractivity contribution in [1.29, 1.82) is 0 Å². The molecule has 0 aromatic carbocycles. The van der Waals surface area contributed by atoms with Crippen molar-refractivity contribution in [3.63, 3.8) is 0 Å². The molecular weight excluding hydrogens is 590 g/mol. The second-order valence-corrected chi connectivity index (χ2v) is 11.1. The Balaban J connectivity index is 2.30. The number of aliphatic hydroxyl groups is 2. The predicted molar refractivity (Wildman–Crippen MR) is 138 cm³/mol. The summed E-state index contributed by atoms with van der Waals surface area (Å²) in [6.07, 6.45) is -9.53. The number of carboxylic acids is 1. The van der Waals surface area contributed by atoms with E-state index in [-0.39, 0.29) is 25.4 Å². The molecule has 0 saturated carbocycles. The molecule has 5 N–H and O–H groups in total. The van der Waals surface area contributed by atoms with Crippen LogP contribution in [-0.2, 0) is 57.4 Å². The van der Waals surface area contributed by atoms with Crippen molar-refractivity contribution in [1.82, 2.24) is 5.32 Å².